The second-order valence-corrected chi connectivity index (χ2v) is 5.66. The Hall–Kier alpha value is -1.86. The summed E-state index contributed by atoms with van der Waals surface area (Å²) in [4.78, 5) is 4.02. The zero-order valence-electron chi connectivity index (χ0n) is 9.68. The monoisotopic (exact) mass is 317 g/mol. The molecule has 2 rings (SSSR count). The summed E-state index contributed by atoms with van der Waals surface area (Å²) in [5, 5.41) is 18.8. The van der Waals surface area contributed by atoms with Gasteiger partial charge in [0.1, 0.15) is 23.3 Å². The van der Waals surface area contributed by atoms with Crippen molar-refractivity contribution in [2.45, 2.75) is 15.5 Å². The lowest BCUT2D eigenvalue weighted by molar-refractivity contribution is -0.115. The Bertz CT molecular complexity index is 634. The molecule has 104 valence electrons. The zero-order chi connectivity index (χ0) is 14.6. The van der Waals surface area contributed by atoms with Gasteiger partial charge in [0.25, 0.3) is 0 Å². The molecule has 0 saturated heterocycles. The van der Waals surface area contributed by atoms with E-state index in [1.54, 1.807) is 18.2 Å². The summed E-state index contributed by atoms with van der Waals surface area (Å²) in [6, 6.07) is 6.80. The van der Waals surface area contributed by atoms with Crippen LogP contribution < -0.4 is 5.32 Å². The summed E-state index contributed by atoms with van der Waals surface area (Å²) in [6.45, 7) is -1.16. The van der Waals surface area contributed by atoms with Crippen molar-refractivity contribution in [3.8, 4) is 6.07 Å². The Balaban J connectivity index is 2.00. The highest BCUT2D eigenvalue weighted by Crippen LogP contribution is 2.31. The quantitative estimate of drug-likeness (QED) is 0.934. The van der Waals surface area contributed by atoms with E-state index in [1.807, 2.05) is 6.07 Å². The summed E-state index contributed by atoms with van der Waals surface area (Å²) in [5.74, 6) is 0. The van der Waals surface area contributed by atoms with Crippen LogP contribution in [0.5, 0.6) is 0 Å². The van der Waals surface area contributed by atoms with Gasteiger partial charge >= 0.3 is 6.18 Å². The van der Waals surface area contributed by atoms with E-state index >= 15 is 0 Å². The van der Waals surface area contributed by atoms with Gasteiger partial charge in [-0.1, -0.05) is 17.4 Å². The molecule has 0 unspecified atom stereocenters. The minimum atomic E-state index is -4.30. The van der Waals surface area contributed by atoms with E-state index in [0.29, 0.717) is 9.37 Å². The molecule has 10 heteroatoms. The van der Waals surface area contributed by atoms with Gasteiger partial charge in [0.05, 0.1) is 0 Å². The topological polar surface area (TPSA) is 74.5 Å². The molecule has 5 nitrogen and oxygen atoms in total. The van der Waals surface area contributed by atoms with Crippen LogP contribution in [0.15, 0.2) is 27.6 Å². The molecule has 0 radical (unpaired) electrons. The maximum absolute atomic E-state index is 12.0. The minimum Gasteiger partial charge on any atom is -0.351 e. The molecular weight excluding hydrogens is 311 g/mol. The van der Waals surface area contributed by atoms with E-state index in [9.17, 15) is 13.2 Å². The van der Waals surface area contributed by atoms with Crippen LogP contribution in [0.2, 0.25) is 0 Å². The van der Waals surface area contributed by atoms with Crippen LogP contribution in [0.3, 0.4) is 0 Å². The number of halogens is 3. The Morgan fingerprint density at radius 3 is 2.85 bits per heavy atom. The number of rotatable bonds is 4. The van der Waals surface area contributed by atoms with Crippen molar-refractivity contribution >= 4 is 28.2 Å². The molecule has 2 aromatic rings. The number of pyridine rings is 1. The third kappa shape index (κ3) is 4.36. The molecule has 0 atom stereocenters. The maximum Gasteiger partial charge on any atom is 0.405 e. The molecule has 0 saturated carbocycles. The first kappa shape index (κ1) is 14.5. The van der Waals surface area contributed by atoms with Crippen molar-refractivity contribution in [2.75, 3.05) is 11.9 Å². The van der Waals surface area contributed by atoms with Crippen LogP contribution in [0.4, 0.5) is 18.3 Å². The molecule has 0 aliphatic heterocycles. The molecule has 0 aromatic carbocycles. The average molecular weight is 317 g/mol. The lowest BCUT2D eigenvalue weighted by Crippen LogP contribution is -2.21. The van der Waals surface area contributed by atoms with Crippen molar-refractivity contribution in [2.24, 2.45) is 0 Å². The summed E-state index contributed by atoms with van der Waals surface area (Å²) >= 11 is 2.12. The standard InChI is InChI=1S/C10H6F3N5S2/c11-10(12,13)5-15-8-17-18-9(20-8)19-7-3-1-2-6(4-14)16-7/h1-3H,5H2,(H,15,17). The van der Waals surface area contributed by atoms with Gasteiger partial charge in [0.2, 0.25) is 5.13 Å². The molecule has 0 fully saturated rings. The van der Waals surface area contributed by atoms with Gasteiger partial charge in [-0.3, -0.25) is 0 Å². The third-order valence-electron chi connectivity index (χ3n) is 1.88. The van der Waals surface area contributed by atoms with E-state index in [2.05, 4.69) is 20.5 Å². The normalized spacial score (nSPS) is 11.1. The Morgan fingerprint density at radius 1 is 1.35 bits per heavy atom. The van der Waals surface area contributed by atoms with Crippen molar-refractivity contribution in [1.29, 1.82) is 5.26 Å². The molecule has 0 aliphatic rings. The number of nitrogens with zero attached hydrogens (tertiary/aromatic N) is 4. The fourth-order valence-corrected chi connectivity index (χ4v) is 2.81. The number of hydrogen-bond donors (Lipinski definition) is 1. The van der Waals surface area contributed by atoms with E-state index in [1.165, 1.54) is 0 Å². The summed E-state index contributed by atoms with van der Waals surface area (Å²) in [7, 11) is 0. The zero-order valence-corrected chi connectivity index (χ0v) is 11.3. The first-order valence-corrected chi connectivity index (χ1v) is 6.79. The Labute approximate surface area is 119 Å². The van der Waals surface area contributed by atoms with Gasteiger partial charge in [-0.15, -0.1) is 10.2 Å². The second-order valence-electron chi connectivity index (χ2n) is 3.42. The highest BCUT2D eigenvalue weighted by molar-refractivity contribution is 8.01. The van der Waals surface area contributed by atoms with Gasteiger partial charge in [-0.05, 0) is 23.9 Å². The van der Waals surface area contributed by atoms with E-state index in [-0.39, 0.29) is 10.8 Å². The average Bonchev–Trinajstić information content (AvgIpc) is 2.83. The van der Waals surface area contributed by atoms with Crippen molar-refractivity contribution < 1.29 is 13.2 Å². The largest absolute Gasteiger partial charge is 0.405 e. The van der Waals surface area contributed by atoms with Gasteiger partial charge in [-0.2, -0.15) is 18.4 Å². The molecule has 2 heterocycles. The van der Waals surface area contributed by atoms with Crippen LogP contribution in [-0.4, -0.2) is 27.9 Å². The smallest absolute Gasteiger partial charge is 0.351 e. The van der Waals surface area contributed by atoms with E-state index in [0.717, 1.165) is 23.1 Å². The van der Waals surface area contributed by atoms with Crippen LogP contribution in [-0.2, 0) is 0 Å². The van der Waals surface area contributed by atoms with Crippen LogP contribution in [0, 0.1) is 11.3 Å². The summed E-state index contributed by atoms with van der Waals surface area (Å²) in [5.41, 5.74) is 0.259. The number of aromatic nitrogens is 3. The molecular formula is C10H6F3N5S2. The van der Waals surface area contributed by atoms with E-state index < -0.39 is 12.7 Å². The fourth-order valence-electron chi connectivity index (χ4n) is 1.12. The van der Waals surface area contributed by atoms with Crippen molar-refractivity contribution in [1.82, 2.24) is 15.2 Å². The summed E-state index contributed by atoms with van der Waals surface area (Å²) < 4.78 is 36.5. The van der Waals surface area contributed by atoms with Gasteiger partial charge in [-0.25, -0.2) is 4.98 Å². The van der Waals surface area contributed by atoms with E-state index in [4.69, 9.17) is 5.26 Å². The molecule has 2 aromatic heterocycles. The molecule has 20 heavy (non-hydrogen) atoms. The van der Waals surface area contributed by atoms with Crippen molar-refractivity contribution in [3.05, 3.63) is 23.9 Å². The van der Waals surface area contributed by atoms with Crippen LogP contribution >= 0.6 is 23.1 Å². The SMILES string of the molecule is N#Cc1cccc(Sc2nnc(NCC(F)(F)F)s2)n1. The maximum atomic E-state index is 12.0. The summed E-state index contributed by atoms with van der Waals surface area (Å²) in [6.07, 6.45) is -4.30. The highest BCUT2D eigenvalue weighted by atomic mass is 32.2. The Morgan fingerprint density at radius 2 is 2.15 bits per heavy atom. The molecule has 0 amide bonds. The molecule has 0 spiro atoms. The van der Waals surface area contributed by atoms with Crippen molar-refractivity contribution in [3.63, 3.8) is 0 Å². The number of nitriles is 1. The van der Waals surface area contributed by atoms with Crippen LogP contribution in [0.25, 0.3) is 0 Å². The minimum absolute atomic E-state index is 0.0845. The first-order chi connectivity index (χ1) is 9.46. The first-order valence-electron chi connectivity index (χ1n) is 5.15. The van der Waals surface area contributed by atoms with Gasteiger partial charge < -0.3 is 5.32 Å². The van der Waals surface area contributed by atoms with Gasteiger partial charge in [0, 0.05) is 0 Å². The second kappa shape index (κ2) is 6.06. The predicted molar refractivity (Wildman–Crippen MR) is 67.5 cm³/mol. The predicted octanol–water partition coefficient (Wildman–Crippen LogP) is 2.93. The lowest BCUT2D eigenvalue weighted by Gasteiger charge is -2.05. The number of nitrogens with one attached hydrogen (secondary N) is 1. The Kier molecular flexibility index (Phi) is 4.41. The molecule has 0 bridgehead atoms. The lowest BCUT2D eigenvalue weighted by atomic mass is 10.4. The highest BCUT2D eigenvalue weighted by Gasteiger charge is 2.27. The van der Waals surface area contributed by atoms with Crippen LogP contribution in [0.1, 0.15) is 5.69 Å². The fraction of sp³-hybridized carbons (Fsp3) is 0.200. The number of hydrogen-bond acceptors (Lipinski definition) is 7. The number of alkyl halides is 3. The molecule has 0 aliphatic carbocycles. The molecule has 1 N–H and O–H groups in total. The van der Waals surface area contributed by atoms with Gasteiger partial charge in [0.15, 0.2) is 4.34 Å². The number of anilines is 1. The third-order valence-corrected chi connectivity index (χ3v) is 3.74.